The third-order valence-electron chi connectivity index (χ3n) is 5.54. The van der Waals surface area contributed by atoms with Gasteiger partial charge in [-0.3, -0.25) is 0 Å². The lowest BCUT2D eigenvalue weighted by molar-refractivity contribution is 0.0499. The number of hydrogen-bond donors (Lipinski definition) is 1. The Balaban J connectivity index is 1.66. The van der Waals surface area contributed by atoms with Crippen molar-refractivity contribution < 1.29 is 23.1 Å². The van der Waals surface area contributed by atoms with E-state index < -0.39 is 13.4 Å². The van der Waals surface area contributed by atoms with Gasteiger partial charge in [0.05, 0.1) is 12.2 Å². The fraction of sp³-hybridized carbons (Fsp3) is 0.167. The number of para-hydroxylation sites is 2. The average Bonchev–Trinajstić information content (AvgIpc) is 2.93. The molecule has 4 rings (SSSR count). The average molecular weight is 516 g/mol. The quantitative estimate of drug-likeness (QED) is 0.117. The molecule has 37 heavy (non-hydrogen) atoms. The van der Waals surface area contributed by atoms with Gasteiger partial charge in [0.15, 0.2) is 5.78 Å². The Hall–Kier alpha value is -4.02. The molecular weight excluding hydrogens is 485 g/mol. The lowest BCUT2D eigenvalue weighted by Gasteiger charge is -2.29. The van der Waals surface area contributed by atoms with E-state index >= 15 is 0 Å². The van der Waals surface area contributed by atoms with Gasteiger partial charge in [-0.2, -0.15) is 0 Å². The molecule has 190 valence electrons. The van der Waals surface area contributed by atoms with Gasteiger partial charge in [-0.15, -0.1) is 0 Å². The molecule has 0 saturated carbocycles. The van der Waals surface area contributed by atoms with Crippen LogP contribution in [-0.4, -0.2) is 12.6 Å². The molecule has 0 aliphatic carbocycles. The van der Waals surface area contributed by atoms with E-state index in [1.165, 1.54) is 0 Å². The molecule has 6 nitrogen and oxygen atoms in total. The van der Waals surface area contributed by atoms with E-state index in [1.807, 2.05) is 73.7 Å². The molecule has 1 atom stereocenters. The van der Waals surface area contributed by atoms with Gasteiger partial charge in [0.1, 0.15) is 11.5 Å². The molecule has 0 aromatic heterocycles. The monoisotopic (exact) mass is 515 g/mol. The van der Waals surface area contributed by atoms with Gasteiger partial charge in [-0.25, -0.2) is 9.36 Å². The van der Waals surface area contributed by atoms with Gasteiger partial charge in [-0.05, 0) is 60.5 Å². The van der Waals surface area contributed by atoms with E-state index in [9.17, 15) is 9.36 Å². The molecular formula is C30H30NO5P. The molecule has 1 N–H and O–H groups in total. The van der Waals surface area contributed by atoms with Crippen LogP contribution in [0.3, 0.4) is 0 Å². The van der Waals surface area contributed by atoms with Gasteiger partial charge in [-0.1, -0.05) is 80.1 Å². The van der Waals surface area contributed by atoms with E-state index in [1.54, 1.807) is 48.5 Å². The third-order valence-corrected chi connectivity index (χ3v) is 7.53. The number of esters is 1. The summed E-state index contributed by atoms with van der Waals surface area (Å²) in [7, 11) is -3.91. The van der Waals surface area contributed by atoms with E-state index in [0.717, 1.165) is 18.4 Å². The molecule has 0 aliphatic heterocycles. The van der Waals surface area contributed by atoms with E-state index in [2.05, 4.69) is 5.32 Å². The van der Waals surface area contributed by atoms with Crippen molar-refractivity contribution in [3.63, 3.8) is 0 Å². The van der Waals surface area contributed by atoms with Crippen LogP contribution in [0.1, 0.15) is 41.5 Å². The second kappa shape index (κ2) is 12.8. The Bertz CT molecular complexity index is 1250. The number of unbranched alkanes of at least 4 members (excludes halogenated alkanes) is 1. The standard InChI is InChI=1S/C30H30NO5P/c1-2-3-23-34-30(32)25-19-21-26(22-20-25)31-29(24-13-7-4-8-14-24)37(33,35-27-15-9-5-10-16-27)36-28-17-11-6-12-18-28/h4-22,29,31H,2-3,23H2,1H3. The molecule has 0 heterocycles. The number of rotatable bonds is 12. The second-order valence-corrected chi connectivity index (χ2v) is 10.3. The summed E-state index contributed by atoms with van der Waals surface area (Å²) in [5.74, 6) is -0.370. The maximum absolute atomic E-state index is 14.6. The smallest absolute Gasteiger partial charge is 0.457 e. The van der Waals surface area contributed by atoms with Gasteiger partial charge in [0.25, 0.3) is 0 Å². The first-order valence-corrected chi connectivity index (χ1v) is 13.9. The molecule has 4 aromatic rings. The van der Waals surface area contributed by atoms with Crippen molar-refractivity contribution in [3.8, 4) is 11.5 Å². The highest BCUT2D eigenvalue weighted by atomic mass is 31.2. The van der Waals surface area contributed by atoms with Crippen LogP contribution in [-0.2, 0) is 9.30 Å². The van der Waals surface area contributed by atoms with E-state index in [-0.39, 0.29) is 5.97 Å². The lowest BCUT2D eigenvalue weighted by atomic mass is 10.2. The summed E-state index contributed by atoms with van der Waals surface area (Å²) in [5.41, 5.74) is 1.82. The molecule has 0 amide bonds. The maximum Gasteiger partial charge on any atom is 0.457 e. The van der Waals surface area contributed by atoms with Crippen molar-refractivity contribution in [2.75, 3.05) is 11.9 Å². The molecule has 7 heteroatoms. The summed E-state index contributed by atoms with van der Waals surface area (Å²) >= 11 is 0. The Kier molecular flexibility index (Phi) is 9.01. The Morgan fingerprint density at radius 3 is 1.78 bits per heavy atom. The van der Waals surface area contributed by atoms with Gasteiger partial charge >= 0.3 is 13.6 Å². The SMILES string of the molecule is CCCCOC(=O)c1ccc(NC(c2ccccc2)P(=O)(Oc2ccccc2)Oc2ccccc2)cc1. The number of hydrogen-bond acceptors (Lipinski definition) is 6. The van der Waals surface area contributed by atoms with Crippen LogP contribution in [0.2, 0.25) is 0 Å². The van der Waals surface area contributed by atoms with Crippen molar-refractivity contribution in [2.45, 2.75) is 25.5 Å². The number of benzene rings is 4. The van der Waals surface area contributed by atoms with Crippen molar-refractivity contribution in [1.29, 1.82) is 0 Å². The molecule has 0 saturated heterocycles. The van der Waals surface area contributed by atoms with Crippen LogP contribution in [0.4, 0.5) is 5.69 Å². The molecule has 0 fully saturated rings. The highest BCUT2D eigenvalue weighted by Crippen LogP contribution is 2.60. The van der Waals surface area contributed by atoms with Crippen LogP contribution in [0.15, 0.2) is 115 Å². The summed E-state index contributed by atoms with van der Waals surface area (Å²) in [6, 6.07) is 34.1. The molecule has 0 radical (unpaired) electrons. The molecule has 0 aliphatic rings. The third kappa shape index (κ3) is 7.25. The zero-order chi connectivity index (χ0) is 25.9. The van der Waals surface area contributed by atoms with Crippen molar-refractivity contribution >= 4 is 19.3 Å². The van der Waals surface area contributed by atoms with Crippen molar-refractivity contribution in [1.82, 2.24) is 0 Å². The highest BCUT2D eigenvalue weighted by Gasteiger charge is 2.41. The summed E-state index contributed by atoms with van der Waals surface area (Å²) in [6.45, 7) is 2.43. The Morgan fingerprint density at radius 1 is 0.757 bits per heavy atom. The first kappa shape index (κ1) is 26.1. The van der Waals surface area contributed by atoms with Crippen LogP contribution >= 0.6 is 7.60 Å². The van der Waals surface area contributed by atoms with Crippen LogP contribution in [0.25, 0.3) is 0 Å². The molecule has 0 bridgehead atoms. The number of carbonyl (C=O) groups excluding carboxylic acids is 1. The predicted octanol–water partition coefficient (Wildman–Crippen LogP) is 8.11. The van der Waals surface area contributed by atoms with Gasteiger partial charge in [0.2, 0.25) is 0 Å². The number of anilines is 1. The topological polar surface area (TPSA) is 73.9 Å². The molecule has 1 unspecified atom stereocenters. The summed E-state index contributed by atoms with van der Waals surface area (Å²) < 4.78 is 32.1. The summed E-state index contributed by atoms with van der Waals surface area (Å²) in [4.78, 5) is 12.3. The van der Waals surface area contributed by atoms with Crippen molar-refractivity contribution in [2.24, 2.45) is 0 Å². The fourth-order valence-corrected chi connectivity index (χ4v) is 5.54. The summed E-state index contributed by atoms with van der Waals surface area (Å²) in [6.07, 6.45) is 1.77. The minimum atomic E-state index is -3.91. The van der Waals surface area contributed by atoms with Crippen LogP contribution in [0.5, 0.6) is 11.5 Å². The van der Waals surface area contributed by atoms with E-state index in [0.29, 0.717) is 29.4 Å². The normalized spacial score (nSPS) is 11.8. The first-order chi connectivity index (χ1) is 18.1. The Labute approximate surface area is 217 Å². The number of ether oxygens (including phenoxy) is 1. The van der Waals surface area contributed by atoms with Gasteiger partial charge in [0, 0.05) is 5.69 Å². The molecule has 4 aromatic carbocycles. The zero-order valence-corrected chi connectivity index (χ0v) is 21.6. The summed E-state index contributed by atoms with van der Waals surface area (Å²) in [5, 5.41) is 3.33. The minimum Gasteiger partial charge on any atom is -0.462 e. The van der Waals surface area contributed by atoms with E-state index in [4.69, 9.17) is 13.8 Å². The van der Waals surface area contributed by atoms with Gasteiger partial charge < -0.3 is 19.1 Å². The van der Waals surface area contributed by atoms with Crippen molar-refractivity contribution in [3.05, 3.63) is 126 Å². The highest BCUT2D eigenvalue weighted by molar-refractivity contribution is 7.55. The van der Waals surface area contributed by atoms with Crippen LogP contribution in [0, 0.1) is 0 Å². The first-order valence-electron chi connectivity index (χ1n) is 12.2. The fourth-order valence-electron chi connectivity index (χ4n) is 3.61. The number of carbonyl (C=O) groups is 1. The maximum atomic E-state index is 14.6. The Morgan fingerprint density at radius 2 is 1.27 bits per heavy atom. The number of nitrogens with one attached hydrogen (secondary N) is 1. The van der Waals surface area contributed by atoms with Crippen LogP contribution < -0.4 is 14.4 Å². The minimum absolute atomic E-state index is 0.370. The second-order valence-electron chi connectivity index (χ2n) is 8.37. The largest absolute Gasteiger partial charge is 0.462 e. The predicted molar refractivity (Wildman–Crippen MR) is 146 cm³/mol. The molecule has 0 spiro atoms. The zero-order valence-electron chi connectivity index (χ0n) is 20.7. The lowest BCUT2D eigenvalue weighted by Crippen LogP contribution is -2.18.